The molecule has 0 radical (unpaired) electrons. The second-order valence-corrected chi connectivity index (χ2v) is 6.48. The lowest BCUT2D eigenvalue weighted by molar-refractivity contribution is 0.133. The van der Waals surface area contributed by atoms with Crippen LogP contribution in [0, 0.1) is 0 Å². The molecule has 4 heteroatoms. The molecule has 0 spiro atoms. The molecule has 1 aromatic rings. The van der Waals surface area contributed by atoms with Gasteiger partial charge in [0.1, 0.15) is 0 Å². The molecule has 0 aromatic heterocycles. The topological polar surface area (TPSA) is 58.4 Å². The first-order valence-electron chi connectivity index (χ1n) is 7.41. The van der Waals surface area contributed by atoms with Crippen LogP contribution in [0.3, 0.4) is 0 Å². The third-order valence-electron chi connectivity index (χ3n) is 4.69. The van der Waals surface area contributed by atoms with E-state index in [0.717, 1.165) is 25.8 Å². The first-order valence-corrected chi connectivity index (χ1v) is 7.41. The molecule has 108 valence electrons. The zero-order valence-corrected chi connectivity index (χ0v) is 12.2. The van der Waals surface area contributed by atoms with Crippen molar-refractivity contribution in [3.63, 3.8) is 0 Å². The van der Waals surface area contributed by atoms with E-state index in [1.807, 2.05) is 11.0 Å². The van der Waals surface area contributed by atoms with E-state index in [9.17, 15) is 4.79 Å². The third-order valence-corrected chi connectivity index (χ3v) is 4.69. The maximum atomic E-state index is 12.5. The van der Waals surface area contributed by atoms with E-state index in [2.05, 4.69) is 37.4 Å². The first kappa shape index (κ1) is 13.4. The number of hydrogen-bond acceptors (Lipinski definition) is 2. The predicted molar refractivity (Wildman–Crippen MR) is 79.4 cm³/mol. The quantitative estimate of drug-likeness (QED) is 0.824. The van der Waals surface area contributed by atoms with Crippen LogP contribution >= 0.6 is 0 Å². The van der Waals surface area contributed by atoms with Crippen molar-refractivity contribution < 1.29 is 4.79 Å². The normalized spacial score (nSPS) is 32.2. The Bertz CT molecular complexity index is 522. The van der Waals surface area contributed by atoms with Crippen LogP contribution < -0.4 is 11.1 Å². The Morgan fingerprint density at radius 2 is 2.10 bits per heavy atom. The molecule has 0 bridgehead atoms. The van der Waals surface area contributed by atoms with Crippen LogP contribution in [-0.2, 0) is 6.42 Å². The van der Waals surface area contributed by atoms with Crippen LogP contribution in [0.5, 0.6) is 0 Å². The van der Waals surface area contributed by atoms with Crippen molar-refractivity contribution in [1.29, 1.82) is 0 Å². The van der Waals surface area contributed by atoms with Crippen molar-refractivity contribution in [2.75, 3.05) is 6.54 Å². The molecule has 0 unspecified atom stereocenters. The van der Waals surface area contributed by atoms with Crippen LogP contribution in [0.15, 0.2) is 24.3 Å². The fourth-order valence-electron chi connectivity index (χ4n) is 3.58. The summed E-state index contributed by atoms with van der Waals surface area (Å²) in [4.78, 5) is 14.4. The van der Waals surface area contributed by atoms with Gasteiger partial charge in [-0.3, -0.25) is 0 Å². The van der Waals surface area contributed by atoms with Crippen molar-refractivity contribution in [3.05, 3.63) is 35.4 Å². The van der Waals surface area contributed by atoms with Gasteiger partial charge < -0.3 is 16.0 Å². The molecule has 4 nitrogen and oxygen atoms in total. The van der Waals surface area contributed by atoms with Gasteiger partial charge >= 0.3 is 6.03 Å². The number of hydrogen-bond donors (Lipinski definition) is 2. The van der Waals surface area contributed by atoms with Crippen molar-refractivity contribution >= 4 is 6.03 Å². The zero-order valence-electron chi connectivity index (χ0n) is 12.2. The summed E-state index contributed by atoms with van der Waals surface area (Å²) in [7, 11) is 0. The van der Waals surface area contributed by atoms with Gasteiger partial charge in [-0.05, 0) is 44.2 Å². The second-order valence-electron chi connectivity index (χ2n) is 6.48. The smallest absolute Gasteiger partial charge is 0.318 e. The van der Waals surface area contributed by atoms with Gasteiger partial charge in [0.15, 0.2) is 0 Å². The number of carbonyl (C=O) groups excluding carboxylic acids is 1. The van der Waals surface area contributed by atoms with Gasteiger partial charge in [0.05, 0.1) is 6.04 Å². The summed E-state index contributed by atoms with van der Waals surface area (Å²) < 4.78 is 0. The molecule has 1 aliphatic carbocycles. The number of rotatable bonds is 1. The Kier molecular flexibility index (Phi) is 3.21. The van der Waals surface area contributed by atoms with Crippen molar-refractivity contribution in [2.45, 2.75) is 50.7 Å². The van der Waals surface area contributed by atoms with Gasteiger partial charge in [-0.15, -0.1) is 0 Å². The Balaban J connectivity index is 1.71. The van der Waals surface area contributed by atoms with Gasteiger partial charge in [0.2, 0.25) is 0 Å². The van der Waals surface area contributed by atoms with Crippen LogP contribution in [0.25, 0.3) is 0 Å². The second kappa shape index (κ2) is 4.77. The zero-order chi connectivity index (χ0) is 14.3. The van der Waals surface area contributed by atoms with E-state index in [1.54, 1.807) is 0 Å². The van der Waals surface area contributed by atoms with E-state index in [-0.39, 0.29) is 23.7 Å². The molecule has 2 aliphatic rings. The molecular weight excluding hydrogens is 250 g/mol. The largest absolute Gasteiger partial charge is 0.333 e. The highest BCUT2D eigenvalue weighted by molar-refractivity contribution is 5.76. The predicted octanol–water partition coefficient (Wildman–Crippen LogP) is 2.20. The monoisotopic (exact) mass is 273 g/mol. The summed E-state index contributed by atoms with van der Waals surface area (Å²) in [6.07, 6.45) is 2.68. The van der Waals surface area contributed by atoms with Gasteiger partial charge in [-0.25, -0.2) is 4.79 Å². The number of nitrogens with two attached hydrogens (primary N) is 1. The SMILES string of the molecule is C[C@H]1c2ccccc2CCN1C(=O)N[C@]1(C)C[C@@H](N)C1. The van der Waals surface area contributed by atoms with E-state index in [0.29, 0.717) is 0 Å². The van der Waals surface area contributed by atoms with Gasteiger partial charge in [0, 0.05) is 18.1 Å². The highest BCUT2D eigenvalue weighted by Gasteiger charge is 2.41. The summed E-state index contributed by atoms with van der Waals surface area (Å²) >= 11 is 0. The Morgan fingerprint density at radius 3 is 2.80 bits per heavy atom. The Labute approximate surface area is 120 Å². The fraction of sp³-hybridized carbons (Fsp3) is 0.562. The summed E-state index contributed by atoms with van der Waals surface area (Å²) in [5, 5.41) is 3.16. The number of urea groups is 1. The number of nitrogens with zero attached hydrogens (tertiary/aromatic N) is 1. The van der Waals surface area contributed by atoms with Gasteiger partial charge in [-0.1, -0.05) is 24.3 Å². The first-order chi connectivity index (χ1) is 9.48. The van der Waals surface area contributed by atoms with Crippen LogP contribution in [0.4, 0.5) is 4.79 Å². The molecule has 1 heterocycles. The molecule has 0 saturated heterocycles. The van der Waals surface area contributed by atoms with Crippen LogP contribution in [-0.4, -0.2) is 29.1 Å². The fourth-order valence-corrected chi connectivity index (χ4v) is 3.58. The lowest BCUT2D eigenvalue weighted by Gasteiger charge is -2.46. The number of nitrogens with one attached hydrogen (secondary N) is 1. The van der Waals surface area contributed by atoms with E-state index < -0.39 is 0 Å². The Hall–Kier alpha value is -1.55. The highest BCUT2D eigenvalue weighted by Crippen LogP contribution is 2.33. The third kappa shape index (κ3) is 2.29. The molecule has 1 saturated carbocycles. The lowest BCUT2D eigenvalue weighted by Crippen LogP contribution is -2.62. The molecule has 1 fully saturated rings. The Morgan fingerprint density at radius 1 is 1.40 bits per heavy atom. The van der Waals surface area contributed by atoms with Crippen molar-refractivity contribution in [1.82, 2.24) is 10.2 Å². The minimum Gasteiger partial charge on any atom is -0.333 e. The minimum absolute atomic E-state index is 0.0430. The highest BCUT2D eigenvalue weighted by atomic mass is 16.2. The number of carbonyl (C=O) groups is 1. The molecular formula is C16H23N3O. The summed E-state index contributed by atoms with van der Waals surface area (Å²) in [6.45, 7) is 4.97. The standard InChI is InChI=1S/C16H23N3O/c1-11-14-6-4-3-5-12(14)7-8-19(11)15(20)18-16(2)9-13(17)10-16/h3-6,11,13H,7-10,17H2,1-2H3,(H,18,20)/t11-,13-,16-/m0/s1. The van der Waals surface area contributed by atoms with Gasteiger partial charge in [-0.2, -0.15) is 0 Å². The number of fused-ring (bicyclic) bond motifs is 1. The number of amides is 2. The van der Waals surface area contributed by atoms with E-state index in [4.69, 9.17) is 5.73 Å². The summed E-state index contributed by atoms with van der Waals surface area (Å²) in [6, 6.07) is 8.81. The summed E-state index contributed by atoms with van der Waals surface area (Å²) in [5.41, 5.74) is 8.35. The van der Waals surface area contributed by atoms with Crippen LogP contribution in [0.1, 0.15) is 43.9 Å². The minimum atomic E-state index is -0.118. The molecule has 1 atom stereocenters. The molecule has 20 heavy (non-hydrogen) atoms. The summed E-state index contributed by atoms with van der Waals surface area (Å²) in [5.74, 6) is 0. The lowest BCUT2D eigenvalue weighted by atomic mass is 9.74. The number of benzene rings is 1. The maximum absolute atomic E-state index is 12.5. The van der Waals surface area contributed by atoms with E-state index >= 15 is 0 Å². The van der Waals surface area contributed by atoms with Crippen LogP contribution in [0.2, 0.25) is 0 Å². The average molecular weight is 273 g/mol. The van der Waals surface area contributed by atoms with Gasteiger partial charge in [0.25, 0.3) is 0 Å². The molecule has 3 rings (SSSR count). The maximum Gasteiger partial charge on any atom is 0.318 e. The van der Waals surface area contributed by atoms with E-state index in [1.165, 1.54) is 11.1 Å². The molecule has 2 amide bonds. The van der Waals surface area contributed by atoms with Crippen molar-refractivity contribution in [2.24, 2.45) is 5.73 Å². The van der Waals surface area contributed by atoms with Crippen molar-refractivity contribution in [3.8, 4) is 0 Å². The average Bonchev–Trinajstić information content (AvgIpc) is 2.37. The molecule has 3 N–H and O–H groups in total. The molecule has 1 aliphatic heterocycles. The molecule has 1 aromatic carbocycles.